The molecule has 1 aromatic heterocycles. The first-order chi connectivity index (χ1) is 9.22. The second-order valence-corrected chi connectivity index (χ2v) is 6.19. The molecule has 0 unspecified atom stereocenters. The van der Waals surface area contributed by atoms with Gasteiger partial charge in [-0.15, -0.1) is 0 Å². The number of fused-ring (bicyclic) bond motifs is 1. The van der Waals surface area contributed by atoms with E-state index in [2.05, 4.69) is 30.3 Å². The summed E-state index contributed by atoms with van der Waals surface area (Å²) in [4.78, 5) is 7.21. The van der Waals surface area contributed by atoms with Gasteiger partial charge in [-0.05, 0) is 44.0 Å². The summed E-state index contributed by atoms with van der Waals surface area (Å²) in [7, 11) is 2.19. The monoisotopic (exact) mass is 259 g/mol. The van der Waals surface area contributed by atoms with Crippen molar-refractivity contribution < 1.29 is 0 Å². The fourth-order valence-electron chi connectivity index (χ4n) is 3.33. The molecule has 104 valence electrons. The van der Waals surface area contributed by atoms with Gasteiger partial charge in [-0.1, -0.05) is 12.8 Å². The maximum atomic E-state index is 4.83. The normalized spacial score (nSPS) is 20.7. The minimum atomic E-state index is 0.734. The summed E-state index contributed by atoms with van der Waals surface area (Å²) in [6.07, 6.45) is 6.58. The predicted molar refractivity (Wildman–Crippen MR) is 78.1 cm³/mol. The molecule has 2 heterocycles. The number of hydrogen-bond acceptors (Lipinski definition) is 3. The fourth-order valence-corrected chi connectivity index (χ4v) is 3.33. The van der Waals surface area contributed by atoms with Crippen LogP contribution in [0.3, 0.4) is 0 Å². The molecule has 0 bridgehead atoms. The number of likely N-dealkylation sites (N-methyl/N-ethyl adjacent to an activating group) is 1. The Kier molecular flexibility index (Phi) is 3.85. The molecule has 0 atom stereocenters. The first-order valence-corrected chi connectivity index (χ1v) is 7.62. The van der Waals surface area contributed by atoms with Crippen LogP contribution in [0.4, 0.5) is 0 Å². The van der Waals surface area contributed by atoms with Crippen LogP contribution in [0.2, 0.25) is 0 Å². The van der Waals surface area contributed by atoms with Gasteiger partial charge >= 0.3 is 0 Å². The molecule has 0 amide bonds. The van der Waals surface area contributed by atoms with Gasteiger partial charge < -0.3 is 10.2 Å². The quantitative estimate of drug-likeness (QED) is 0.903. The zero-order valence-electron chi connectivity index (χ0n) is 12.2. The molecule has 0 radical (unpaired) electrons. The van der Waals surface area contributed by atoms with Crippen LogP contribution in [-0.2, 0) is 19.5 Å². The van der Waals surface area contributed by atoms with Crippen LogP contribution in [0.25, 0.3) is 0 Å². The fraction of sp³-hybridized carbons (Fsp3) is 0.688. The molecule has 3 heteroatoms. The summed E-state index contributed by atoms with van der Waals surface area (Å²) in [5.41, 5.74) is 5.36. The van der Waals surface area contributed by atoms with Crippen molar-refractivity contribution in [2.24, 2.45) is 0 Å². The van der Waals surface area contributed by atoms with E-state index in [1.165, 1.54) is 48.2 Å². The average molecular weight is 259 g/mol. The van der Waals surface area contributed by atoms with Crippen LogP contribution < -0.4 is 5.32 Å². The Bertz CT molecular complexity index is 450. The van der Waals surface area contributed by atoms with E-state index in [-0.39, 0.29) is 0 Å². The second kappa shape index (κ2) is 5.59. The van der Waals surface area contributed by atoms with E-state index >= 15 is 0 Å². The summed E-state index contributed by atoms with van der Waals surface area (Å²) in [6, 6.07) is 3.12. The van der Waals surface area contributed by atoms with E-state index < -0.39 is 0 Å². The van der Waals surface area contributed by atoms with E-state index in [1.807, 2.05) is 0 Å². The minimum absolute atomic E-state index is 0.734. The molecule has 3 rings (SSSR count). The topological polar surface area (TPSA) is 28.2 Å². The number of nitrogens with one attached hydrogen (secondary N) is 1. The molecule has 0 saturated heterocycles. The largest absolute Gasteiger partial charge is 0.310 e. The molecule has 0 spiro atoms. The number of aromatic nitrogens is 1. The maximum Gasteiger partial charge on any atom is 0.0464 e. The maximum absolute atomic E-state index is 4.83. The molecular weight excluding hydrogens is 234 g/mol. The Balaban J connectivity index is 1.71. The first kappa shape index (κ1) is 13.1. The number of hydrogen-bond donors (Lipinski definition) is 1. The second-order valence-electron chi connectivity index (χ2n) is 6.19. The van der Waals surface area contributed by atoms with E-state index in [1.54, 1.807) is 0 Å². The lowest BCUT2D eigenvalue weighted by molar-refractivity contribution is 0.309. The van der Waals surface area contributed by atoms with E-state index in [9.17, 15) is 0 Å². The van der Waals surface area contributed by atoms with Gasteiger partial charge in [-0.3, -0.25) is 4.98 Å². The summed E-state index contributed by atoms with van der Waals surface area (Å²) in [5.74, 6) is 0. The average Bonchev–Trinajstić information content (AvgIpc) is 2.90. The van der Waals surface area contributed by atoms with Gasteiger partial charge in [0.15, 0.2) is 0 Å². The highest BCUT2D eigenvalue weighted by Gasteiger charge is 2.18. The molecule has 19 heavy (non-hydrogen) atoms. The van der Waals surface area contributed by atoms with Crippen LogP contribution in [0.15, 0.2) is 6.07 Å². The summed E-state index contributed by atoms with van der Waals surface area (Å²) in [6.45, 7) is 5.34. The third-order valence-corrected chi connectivity index (χ3v) is 4.59. The summed E-state index contributed by atoms with van der Waals surface area (Å²) in [5, 5.41) is 3.70. The summed E-state index contributed by atoms with van der Waals surface area (Å²) >= 11 is 0. The van der Waals surface area contributed by atoms with Crippen molar-refractivity contribution >= 4 is 0 Å². The third kappa shape index (κ3) is 2.98. The lowest BCUT2D eigenvalue weighted by Gasteiger charge is -2.25. The van der Waals surface area contributed by atoms with Gasteiger partial charge in [0.05, 0.1) is 0 Å². The van der Waals surface area contributed by atoms with Crippen molar-refractivity contribution in [3.63, 3.8) is 0 Å². The first-order valence-electron chi connectivity index (χ1n) is 7.62. The minimum Gasteiger partial charge on any atom is -0.310 e. The van der Waals surface area contributed by atoms with Crippen molar-refractivity contribution in [1.29, 1.82) is 0 Å². The van der Waals surface area contributed by atoms with Gasteiger partial charge in [-0.2, -0.15) is 0 Å². The Hall–Kier alpha value is -0.930. The number of aryl methyl sites for hydroxylation is 1. The number of rotatable bonds is 3. The van der Waals surface area contributed by atoms with Crippen molar-refractivity contribution in [3.8, 4) is 0 Å². The van der Waals surface area contributed by atoms with E-state index in [0.29, 0.717) is 0 Å². The zero-order chi connectivity index (χ0) is 13.2. The Labute approximate surface area is 116 Å². The smallest absolute Gasteiger partial charge is 0.0464 e. The van der Waals surface area contributed by atoms with Gasteiger partial charge in [0.25, 0.3) is 0 Å². The lowest BCUT2D eigenvalue weighted by atomic mass is 10.0. The van der Waals surface area contributed by atoms with E-state index in [4.69, 9.17) is 4.98 Å². The zero-order valence-corrected chi connectivity index (χ0v) is 12.2. The summed E-state index contributed by atoms with van der Waals surface area (Å²) < 4.78 is 0. The lowest BCUT2D eigenvalue weighted by Crippen LogP contribution is -2.29. The number of pyridine rings is 1. The standard InChI is InChI=1S/C16H25N3/c1-12-13(10-17-15-5-3-4-6-15)9-14-11-19(2)8-7-16(14)18-12/h9,15,17H,3-8,10-11H2,1-2H3. The molecule has 1 saturated carbocycles. The van der Waals surface area contributed by atoms with Gasteiger partial charge in [-0.25, -0.2) is 0 Å². The van der Waals surface area contributed by atoms with Gasteiger partial charge in [0.2, 0.25) is 0 Å². The Morgan fingerprint density at radius 2 is 2.16 bits per heavy atom. The molecular formula is C16H25N3. The highest BCUT2D eigenvalue weighted by Crippen LogP contribution is 2.21. The van der Waals surface area contributed by atoms with Crippen LogP contribution >= 0.6 is 0 Å². The molecule has 1 aliphatic carbocycles. The van der Waals surface area contributed by atoms with Crippen LogP contribution in [0.1, 0.15) is 48.2 Å². The van der Waals surface area contributed by atoms with Crippen LogP contribution in [-0.4, -0.2) is 29.5 Å². The third-order valence-electron chi connectivity index (χ3n) is 4.59. The molecule has 1 fully saturated rings. The highest BCUT2D eigenvalue weighted by molar-refractivity contribution is 5.31. The van der Waals surface area contributed by atoms with Crippen LogP contribution in [0, 0.1) is 6.92 Å². The molecule has 1 aromatic rings. The molecule has 2 aliphatic rings. The van der Waals surface area contributed by atoms with Crippen molar-refractivity contribution in [3.05, 3.63) is 28.6 Å². The van der Waals surface area contributed by atoms with Crippen LogP contribution in [0.5, 0.6) is 0 Å². The molecule has 1 N–H and O–H groups in total. The molecule has 0 aromatic carbocycles. The SMILES string of the molecule is Cc1nc2c(cc1CNC1CCCC1)CN(C)CC2. The van der Waals surface area contributed by atoms with Gasteiger partial charge in [0.1, 0.15) is 0 Å². The van der Waals surface area contributed by atoms with Gasteiger partial charge in [0, 0.05) is 43.5 Å². The predicted octanol–water partition coefficient (Wildman–Crippen LogP) is 2.41. The van der Waals surface area contributed by atoms with Crippen molar-refractivity contribution in [2.45, 2.75) is 58.2 Å². The Morgan fingerprint density at radius 1 is 1.37 bits per heavy atom. The van der Waals surface area contributed by atoms with Crippen molar-refractivity contribution in [1.82, 2.24) is 15.2 Å². The Morgan fingerprint density at radius 3 is 2.95 bits per heavy atom. The van der Waals surface area contributed by atoms with E-state index in [0.717, 1.165) is 32.1 Å². The number of nitrogens with zero attached hydrogens (tertiary/aromatic N) is 2. The van der Waals surface area contributed by atoms with Crippen molar-refractivity contribution in [2.75, 3.05) is 13.6 Å². The highest BCUT2D eigenvalue weighted by atomic mass is 15.1. The molecule has 3 nitrogen and oxygen atoms in total. The molecule has 1 aliphatic heterocycles.